The molecule has 0 aliphatic heterocycles. The molecule has 0 radical (unpaired) electrons. The van der Waals surface area contributed by atoms with Crippen LogP contribution in [0.1, 0.15) is 12.6 Å². The summed E-state index contributed by atoms with van der Waals surface area (Å²) in [6, 6.07) is 7.14. The van der Waals surface area contributed by atoms with Crippen LogP contribution < -0.4 is 0 Å². The SMILES string of the molecule is CCS(=O)(=O)c1cc(-c2cccc(Cl)n2)cnc1-c1nc2cc(C(F)(F)F)ncc2n1C. The van der Waals surface area contributed by atoms with Crippen LogP contribution in [0.2, 0.25) is 5.15 Å². The molecule has 4 heterocycles. The zero-order chi connectivity index (χ0) is 23.3. The monoisotopic (exact) mass is 481 g/mol. The summed E-state index contributed by atoms with van der Waals surface area (Å²) in [6.07, 6.45) is -2.17. The van der Waals surface area contributed by atoms with Gasteiger partial charge in [0.1, 0.15) is 16.5 Å². The van der Waals surface area contributed by atoms with E-state index >= 15 is 0 Å². The van der Waals surface area contributed by atoms with E-state index in [9.17, 15) is 21.6 Å². The van der Waals surface area contributed by atoms with Gasteiger partial charge in [-0.05, 0) is 24.3 Å². The molecule has 0 spiro atoms. The van der Waals surface area contributed by atoms with Crippen molar-refractivity contribution in [2.45, 2.75) is 18.0 Å². The van der Waals surface area contributed by atoms with Gasteiger partial charge in [0.05, 0.1) is 33.6 Å². The lowest BCUT2D eigenvalue weighted by Gasteiger charge is -2.11. The minimum Gasteiger partial charge on any atom is -0.324 e. The molecule has 32 heavy (non-hydrogen) atoms. The highest BCUT2D eigenvalue weighted by atomic mass is 35.5. The van der Waals surface area contributed by atoms with E-state index in [0.717, 1.165) is 12.3 Å². The molecule has 0 saturated heterocycles. The van der Waals surface area contributed by atoms with Crippen LogP contribution in [-0.4, -0.2) is 38.7 Å². The Kier molecular flexibility index (Phi) is 5.41. The van der Waals surface area contributed by atoms with Crippen LogP contribution >= 0.6 is 11.6 Å². The van der Waals surface area contributed by atoms with Crippen LogP contribution in [-0.2, 0) is 23.1 Å². The molecule has 0 amide bonds. The van der Waals surface area contributed by atoms with Gasteiger partial charge in [0.15, 0.2) is 15.7 Å². The summed E-state index contributed by atoms with van der Waals surface area (Å²) >= 11 is 5.94. The van der Waals surface area contributed by atoms with Gasteiger partial charge in [-0.15, -0.1) is 0 Å². The largest absolute Gasteiger partial charge is 0.433 e. The number of fused-ring (bicyclic) bond motifs is 1. The van der Waals surface area contributed by atoms with Gasteiger partial charge >= 0.3 is 6.18 Å². The lowest BCUT2D eigenvalue weighted by Crippen LogP contribution is -2.09. The maximum Gasteiger partial charge on any atom is 0.433 e. The molecule has 166 valence electrons. The second-order valence-electron chi connectivity index (χ2n) is 6.87. The van der Waals surface area contributed by atoms with Gasteiger partial charge < -0.3 is 4.57 Å². The molecule has 7 nitrogen and oxygen atoms in total. The molecule has 0 N–H and O–H groups in total. The van der Waals surface area contributed by atoms with E-state index in [0.29, 0.717) is 16.8 Å². The molecule has 0 atom stereocenters. The first-order chi connectivity index (χ1) is 15.0. The summed E-state index contributed by atoms with van der Waals surface area (Å²) in [4.78, 5) is 16.1. The Balaban J connectivity index is 1.95. The number of hydrogen-bond donors (Lipinski definition) is 0. The maximum atomic E-state index is 13.0. The smallest absolute Gasteiger partial charge is 0.324 e. The van der Waals surface area contributed by atoms with Gasteiger partial charge in [-0.25, -0.2) is 23.4 Å². The van der Waals surface area contributed by atoms with Crippen LogP contribution in [0.4, 0.5) is 13.2 Å². The van der Waals surface area contributed by atoms with E-state index in [1.54, 1.807) is 25.2 Å². The van der Waals surface area contributed by atoms with Crippen molar-refractivity contribution in [3.8, 4) is 22.8 Å². The normalized spacial score (nSPS) is 12.4. The van der Waals surface area contributed by atoms with Crippen molar-refractivity contribution in [2.24, 2.45) is 7.05 Å². The molecular weight excluding hydrogens is 467 g/mol. The Morgan fingerprint density at radius 2 is 1.84 bits per heavy atom. The number of imidazole rings is 1. The number of halogens is 4. The van der Waals surface area contributed by atoms with Gasteiger partial charge in [-0.2, -0.15) is 13.2 Å². The third-order valence-electron chi connectivity index (χ3n) is 4.85. The molecule has 4 aromatic rings. The fourth-order valence-corrected chi connectivity index (χ4v) is 4.39. The molecule has 0 fully saturated rings. The number of aryl methyl sites for hydroxylation is 1. The number of rotatable bonds is 4. The van der Waals surface area contributed by atoms with E-state index in [1.165, 1.54) is 23.8 Å². The van der Waals surface area contributed by atoms with E-state index in [-0.39, 0.29) is 32.8 Å². The third kappa shape index (κ3) is 3.93. The van der Waals surface area contributed by atoms with Crippen molar-refractivity contribution < 1.29 is 21.6 Å². The summed E-state index contributed by atoms with van der Waals surface area (Å²) in [5.41, 5.74) is 0.0924. The van der Waals surface area contributed by atoms with Gasteiger partial charge in [0.2, 0.25) is 0 Å². The first-order valence-electron chi connectivity index (χ1n) is 9.27. The predicted octanol–water partition coefficient (Wildman–Crippen LogP) is 4.56. The summed E-state index contributed by atoms with van der Waals surface area (Å²) in [5.74, 6) is -0.114. The topological polar surface area (TPSA) is 90.6 Å². The average Bonchev–Trinajstić information content (AvgIpc) is 3.08. The number of aromatic nitrogens is 5. The van der Waals surface area contributed by atoms with Crippen LogP contribution in [0.5, 0.6) is 0 Å². The Morgan fingerprint density at radius 3 is 2.50 bits per heavy atom. The van der Waals surface area contributed by atoms with E-state index in [2.05, 4.69) is 19.9 Å². The summed E-state index contributed by atoms with van der Waals surface area (Å²) in [7, 11) is -2.22. The first-order valence-corrected chi connectivity index (χ1v) is 11.3. The molecule has 0 saturated carbocycles. The minimum absolute atomic E-state index is 0.0184. The maximum absolute atomic E-state index is 13.0. The Morgan fingerprint density at radius 1 is 1.09 bits per heavy atom. The number of alkyl halides is 3. The molecule has 0 unspecified atom stereocenters. The minimum atomic E-state index is -4.63. The fourth-order valence-electron chi connectivity index (χ4n) is 3.17. The Bertz CT molecular complexity index is 1450. The lowest BCUT2D eigenvalue weighted by molar-refractivity contribution is -0.141. The standard InChI is InChI=1S/C20H15ClF3N5O2S/c1-3-32(30,31)15-7-11(12-5-4-6-17(21)27-12)9-26-18(15)19-28-13-8-16(20(22,23)24)25-10-14(13)29(19)2/h4-10H,3H2,1-2H3. The predicted molar refractivity (Wildman–Crippen MR) is 113 cm³/mol. The highest BCUT2D eigenvalue weighted by Crippen LogP contribution is 2.33. The second kappa shape index (κ2) is 7.82. The van der Waals surface area contributed by atoms with Crippen molar-refractivity contribution in [1.29, 1.82) is 0 Å². The average molecular weight is 482 g/mol. The molecule has 0 aliphatic rings. The van der Waals surface area contributed by atoms with Crippen LogP contribution in [0.3, 0.4) is 0 Å². The zero-order valence-electron chi connectivity index (χ0n) is 16.7. The third-order valence-corrected chi connectivity index (χ3v) is 6.80. The Labute approximate surface area is 185 Å². The molecule has 0 aliphatic carbocycles. The fraction of sp³-hybridized carbons (Fsp3) is 0.200. The molecule has 0 aromatic carbocycles. The van der Waals surface area contributed by atoms with E-state index in [4.69, 9.17) is 11.6 Å². The van der Waals surface area contributed by atoms with Gasteiger partial charge in [-0.3, -0.25) is 4.98 Å². The number of pyridine rings is 3. The second-order valence-corrected chi connectivity index (χ2v) is 9.50. The lowest BCUT2D eigenvalue weighted by atomic mass is 10.1. The van der Waals surface area contributed by atoms with Crippen molar-refractivity contribution >= 4 is 32.5 Å². The first kappa shape index (κ1) is 22.2. The summed E-state index contributed by atoms with van der Waals surface area (Å²) in [5, 5.41) is 0.231. The molecule has 12 heteroatoms. The molecule has 0 bridgehead atoms. The van der Waals surface area contributed by atoms with Crippen LogP contribution in [0.25, 0.3) is 33.8 Å². The molecule has 4 rings (SSSR count). The van der Waals surface area contributed by atoms with Crippen molar-refractivity contribution in [3.63, 3.8) is 0 Å². The van der Waals surface area contributed by atoms with E-state index in [1.807, 2.05) is 0 Å². The zero-order valence-corrected chi connectivity index (χ0v) is 18.3. The van der Waals surface area contributed by atoms with Crippen LogP contribution in [0, 0.1) is 0 Å². The molecular formula is C20H15ClF3N5O2S. The summed E-state index contributed by atoms with van der Waals surface area (Å²) < 4.78 is 66.3. The number of hydrogen-bond acceptors (Lipinski definition) is 6. The molecule has 4 aromatic heterocycles. The number of sulfone groups is 1. The van der Waals surface area contributed by atoms with E-state index < -0.39 is 21.7 Å². The highest BCUT2D eigenvalue weighted by Gasteiger charge is 2.33. The van der Waals surface area contributed by atoms with Crippen LogP contribution in [0.15, 0.2) is 47.6 Å². The van der Waals surface area contributed by atoms with Gasteiger partial charge in [-0.1, -0.05) is 24.6 Å². The van der Waals surface area contributed by atoms with Crippen molar-refractivity contribution in [3.05, 3.63) is 53.6 Å². The summed E-state index contributed by atoms with van der Waals surface area (Å²) in [6.45, 7) is 1.48. The highest BCUT2D eigenvalue weighted by molar-refractivity contribution is 7.91. The van der Waals surface area contributed by atoms with Gasteiger partial charge in [0.25, 0.3) is 0 Å². The van der Waals surface area contributed by atoms with Crippen molar-refractivity contribution in [2.75, 3.05) is 5.75 Å². The van der Waals surface area contributed by atoms with Crippen molar-refractivity contribution in [1.82, 2.24) is 24.5 Å². The quantitative estimate of drug-likeness (QED) is 0.397. The Hall–Kier alpha value is -3.05. The van der Waals surface area contributed by atoms with Gasteiger partial charge in [0, 0.05) is 18.8 Å². The number of nitrogens with zero attached hydrogens (tertiary/aromatic N) is 5.